The number of para-hydroxylation sites is 1. The van der Waals surface area contributed by atoms with Gasteiger partial charge in [-0.2, -0.15) is 0 Å². The van der Waals surface area contributed by atoms with E-state index in [2.05, 4.69) is 17.6 Å². The van der Waals surface area contributed by atoms with Gasteiger partial charge in [0.2, 0.25) is 11.8 Å². The van der Waals surface area contributed by atoms with E-state index < -0.39 is 35.6 Å². The molecule has 0 bridgehead atoms. The lowest BCUT2D eigenvalue weighted by Gasteiger charge is -2.35. The number of rotatable bonds is 16. The number of phenolic OH excluding ortho intramolecular Hbond substituents is 2. The topological polar surface area (TPSA) is 128 Å². The molecule has 0 saturated heterocycles. The van der Waals surface area contributed by atoms with Gasteiger partial charge in [-0.25, -0.2) is 4.79 Å². The van der Waals surface area contributed by atoms with Crippen LogP contribution in [-0.4, -0.2) is 57.8 Å². The van der Waals surface area contributed by atoms with Crippen LogP contribution in [0.3, 0.4) is 0 Å². The molecule has 9 heteroatoms. The fraction of sp³-hybridized carbons (Fsp3) is 0.559. The molecule has 9 nitrogen and oxygen atoms in total. The minimum Gasteiger partial charge on any atom is -0.508 e. The van der Waals surface area contributed by atoms with Crippen LogP contribution in [-0.2, 0) is 20.7 Å². The maximum Gasteiger partial charge on any atom is 0.408 e. The molecule has 0 aliphatic heterocycles. The highest BCUT2D eigenvalue weighted by atomic mass is 16.6. The van der Waals surface area contributed by atoms with Gasteiger partial charge in [-0.3, -0.25) is 9.59 Å². The Morgan fingerprint density at radius 3 is 2.19 bits per heavy atom. The highest BCUT2D eigenvalue weighted by Crippen LogP contribution is 2.33. The van der Waals surface area contributed by atoms with Gasteiger partial charge < -0.3 is 30.5 Å². The summed E-state index contributed by atoms with van der Waals surface area (Å²) in [7, 11) is 0. The zero-order valence-corrected chi connectivity index (χ0v) is 26.7. The van der Waals surface area contributed by atoms with Crippen LogP contribution >= 0.6 is 0 Å². The zero-order chi connectivity index (χ0) is 32.0. The van der Waals surface area contributed by atoms with Crippen molar-refractivity contribution in [1.82, 2.24) is 15.5 Å². The lowest BCUT2D eigenvalue weighted by atomic mass is 9.97. The van der Waals surface area contributed by atoms with Gasteiger partial charge in [-0.05, 0) is 63.8 Å². The molecule has 4 N–H and O–H groups in total. The van der Waals surface area contributed by atoms with Crippen molar-refractivity contribution in [3.05, 3.63) is 59.2 Å². The molecule has 2 atom stereocenters. The number of nitrogens with zero attached hydrogens (tertiary/aromatic N) is 1. The summed E-state index contributed by atoms with van der Waals surface area (Å²) in [5.74, 6) is -0.820. The van der Waals surface area contributed by atoms with E-state index >= 15 is 0 Å². The molecule has 0 spiro atoms. The van der Waals surface area contributed by atoms with Crippen molar-refractivity contribution in [2.45, 2.75) is 111 Å². The smallest absolute Gasteiger partial charge is 0.408 e. The number of hydrogen-bond donors (Lipinski definition) is 4. The summed E-state index contributed by atoms with van der Waals surface area (Å²) in [5, 5.41) is 26.6. The molecule has 2 aromatic rings. The molecule has 2 aromatic carbocycles. The van der Waals surface area contributed by atoms with Crippen molar-refractivity contribution < 1.29 is 29.3 Å². The van der Waals surface area contributed by atoms with Crippen molar-refractivity contribution in [2.75, 3.05) is 13.1 Å². The third-order valence-electron chi connectivity index (χ3n) is 7.10. The number of phenols is 2. The highest BCUT2D eigenvalue weighted by molar-refractivity contribution is 5.92. The van der Waals surface area contributed by atoms with Gasteiger partial charge in [-0.1, -0.05) is 76.3 Å². The molecule has 0 aromatic heterocycles. The van der Waals surface area contributed by atoms with Crippen LogP contribution in [0.5, 0.6) is 11.5 Å². The van der Waals surface area contributed by atoms with Gasteiger partial charge in [0.05, 0.1) is 0 Å². The van der Waals surface area contributed by atoms with Gasteiger partial charge in [0.25, 0.3) is 0 Å². The van der Waals surface area contributed by atoms with Crippen LogP contribution < -0.4 is 10.6 Å². The van der Waals surface area contributed by atoms with Crippen LogP contribution in [0.15, 0.2) is 42.5 Å². The average Bonchev–Trinajstić information content (AvgIpc) is 2.94. The zero-order valence-electron chi connectivity index (χ0n) is 26.7. The summed E-state index contributed by atoms with van der Waals surface area (Å²) >= 11 is 0. The minimum atomic E-state index is -1.11. The van der Waals surface area contributed by atoms with E-state index in [1.54, 1.807) is 58.0 Å². The predicted octanol–water partition coefficient (Wildman–Crippen LogP) is 6.30. The Labute approximate surface area is 257 Å². The summed E-state index contributed by atoms with van der Waals surface area (Å²) < 4.78 is 5.49. The Kier molecular flexibility index (Phi) is 14.3. The van der Waals surface area contributed by atoms with Gasteiger partial charge in [0.1, 0.15) is 29.2 Å². The van der Waals surface area contributed by atoms with Crippen LogP contribution in [0.1, 0.15) is 102 Å². The molecule has 238 valence electrons. The Balaban J connectivity index is 2.58. The molecule has 0 radical (unpaired) electrons. The van der Waals surface area contributed by atoms with Gasteiger partial charge in [0, 0.05) is 25.1 Å². The third kappa shape index (κ3) is 11.8. The first-order valence-electron chi connectivity index (χ1n) is 15.5. The summed E-state index contributed by atoms with van der Waals surface area (Å²) in [5.41, 5.74) is 0.838. The first-order valence-corrected chi connectivity index (χ1v) is 15.5. The highest BCUT2D eigenvalue weighted by Gasteiger charge is 2.37. The van der Waals surface area contributed by atoms with E-state index in [1.807, 2.05) is 6.92 Å². The number of benzene rings is 2. The fourth-order valence-electron chi connectivity index (χ4n) is 4.81. The lowest BCUT2D eigenvalue weighted by Crippen LogP contribution is -2.54. The lowest BCUT2D eigenvalue weighted by molar-refractivity contribution is -0.142. The number of ether oxygens (including phenoxy) is 1. The van der Waals surface area contributed by atoms with Crippen LogP contribution in [0.4, 0.5) is 4.79 Å². The molecule has 43 heavy (non-hydrogen) atoms. The Morgan fingerprint density at radius 2 is 1.56 bits per heavy atom. The summed E-state index contributed by atoms with van der Waals surface area (Å²) in [6.07, 6.45) is 5.65. The molecule has 2 rings (SSSR count). The van der Waals surface area contributed by atoms with Crippen molar-refractivity contribution >= 4 is 17.9 Å². The monoisotopic (exact) mass is 597 g/mol. The van der Waals surface area contributed by atoms with E-state index in [-0.39, 0.29) is 24.5 Å². The number of hydrogen-bond acceptors (Lipinski definition) is 6. The summed E-state index contributed by atoms with van der Waals surface area (Å²) in [4.78, 5) is 42.8. The predicted molar refractivity (Wildman–Crippen MR) is 169 cm³/mol. The van der Waals surface area contributed by atoms with Gasteiger partial charge >= 0.3 is 6.09 Å². The van der Waals surface area contributed by atoms with Gasteiger partial charge in [-0.15, -0.1) is 0 Å². The molecule has 3 amide bonds. The van der Waals surface area contributed by atoms with E-state index in [9.17, 15) is 24.6 Å². The van der Waals surface area contributed by atoms with Crippen molar-refractivity contribution in [1.29, 1.82) is 0 Å². The summed E-state index contributed by atoms with van der Waals surface area (Å²) in [6.45, 7) is 11.8. The van der Waals surface area contributed by atoms with E-state index in [0.29, 0.717) is 29.7 Å². The largest absolute Gasteiger partial charge is 0.508 e. The minimum absolute atomic E-state index is 0.0443. The molecule has 2 unspecified atom stereocenters. The quantitative estimate of drug-likeness (QED) is 0.168. The second-order valence-corrected chi connectivity index (χ2v) is 12.1. The average molecular weight is 598 g/mol. The number of carbonyl (C=O) groups excluding carboxylic acids is 3. The van der Waals surface area contributed by atoms with Crippen LogP contribution in [0.2, 0.25) is 0 Å². The number of carbonyl (C=O) groups is 3. The number of aromatic hydroxyl groups is 2. The number of unbranched alkanes of at least 4 members (excludes halogenated alkanes) is 5. The standard InChI is InChI=1S/C34H51N3O6/c1-7-9-11-12-13-22-37(29(31(40)35-21-10-8-2)27-16-14-15-24(3)30(27)39)32(41)28(36-33(42)43-34(4,5)6)23-25-17-19-26(38)20-18-25/h14-20,28-29,38-39H,7-13,21-23H2,1-6H3,(H,35,40)(H,36,42). The SMILES string of the molecule is CCCCCCCN(C(=O)C(Cc1ccc(O)cc1)NC(=O)OC(C)(C)C)C(C(=O)NCCCC)c1cccc(C)c1O. The normalized spacial score (nSPS) is 12.7. The maximum atomic E-state index is 14.5. The second-order valence-electron chi connectivity index (χ2n) is 12.1. The Morgan fingerprint density at radius 1 is 0.907 bits per heavy atom. The number of alkyl carbamates (subject to hydrolysis) is 1. The van der Waals surface area contributed by atoms with Crippen LogP contribution in [0, 0.1) is 6.92 Å². The molecule has 0 saturated carbocycles. The third-order valence-corrected chi connectivity index (χ3v) is 7.10. The van der Waals surface area contributed by atoms with Crippen LogP contribution in [0.25, 0.3) is 0 Å². The molecule has 0 aliphatic carbocycles. The number of amides is 3. The first kappa shape index (κ1) is 35.4. The molecule has 0 fully saturated rings. The number of aryl methyl sites for hydroxylation is 1. The fourth-order valence-corrected chi connectivity index (χ4v) is 4.81. The Bertz CT molecular complexity index is 1180. The molecule has 0 aliphatic rings. The molecular formula is C34H51N3O6. The van der Waals surface area contributed by atoms with Gasteiger partial charge in [0.15, 0.2) is 0 Å². The summed E-state index contributed by atoms with van der Waals surface area (Å²) in [6, 6.07) is 9.39. The van der Waals surface area contributed by atoms with Crippen molar-refractivity contribution in [2.24, 2.45) is 0 Å². The second kappa shape index (κ2) is 17.4. The van der Waals surface area contributed by atoms with E-state index in [1.165, 1.54) is 17.0 Å². The van der Waals surface area contributed by atoms with Crippen molar-refractivity contribution in [3.8, 4) is 11.5 Å². The van der Waals surface area contributed by atoms with Crippen molar-refractivity contribution in [3.63, 3.8) is 0 Å². The molecule has 0 heterocycles. The maximum absolute atomic E-state index is 14.5. The Hall–Kier alpha value is -3.75. The van der Waals surface area contributed by atoms with E-state index in [0.717, 1.165) is 38.5 Å². The number of nitrogens with one attached hydrogen (secondary N) is 2. The van der Waals surface area contributed by atoms with E-state index in [4.69, 9.17) is 4.74 Å². The molecular weight excluding hydrogens is 546 g/mol. The first-order chi connectivity index (χ1) is 20.4.